The molecule has 0 saturated carbocycles. The Balaban J connectivity index is 2.26. The Morgan fingerprint density at radius 3 is 2.69 bits per heavy atom. The highest BCUT2D eigenvalue weighted by atomic mass is 16.5. The first-order valence-electron chi connectivity index (χ1n) is 8.48. The van der Waals surface area contributed by atoms with E-state index in [9.17, 15) is 9.90 Å². The molecule has 1 heterocycles. The van der Waals surface area contributed by atoms with Gasteiger partial charge in [0.25, 0.3) is 0 Å². The number of carbonyl (C=O) groups excluding carboxylic acids is 1. The molecule has 0 aliphatic rings. The van der Waals surface area contributed by atoms with Crippen molar-refractivity contribution in [2.24, 2.45) is 0 Å². The number of pyridine rings is 1. The van der Waals surface area contributed by atoms with Crippen LogP contribution in [0.4, 0.5) is 0 Å². The summed E-state index contributed by atoms with van der Waals surface area (Å²) in [6.07, 6.45) is 0.839. The lowest BCUT2D eigenvalue weighted by Crippen LogP contribution is -2.22. The molecule has 0 unspecified atom stereocenters. The Hall–Kier alpha value is -3.08. The number of aromatic nitrogens is 1. The van der Waals surface area contributed by atoms with E-state index in [1.165, 1.54) is 6.07 Å². The molecule has 3 rings (SSSR count). The van der Waals surface area contributed by atoms with E-state index in [2.05, 4.69) is 4.98 Å². The number of carboxylic acids is 1. The van der Waals surface area contributed by atoms with Crippen molar-refractivity contribution in [1.82, 2.24) is 4.98 Å². The minimum absolute atomic E-state index is 0.109. The molecule has 0 atom stereocenters. The van der Waals surface area contributed by atoms with Crippen LogP contribution < -0.4 is 14.6 Å². The van der Waals surface area contributed by atoms with Crippen molar-refractivity contribution in [2.75, 3.05) is 13.7 Å². The minimum Gasteiger partial charge on any atom is -0.545 e. The van der Waals surface area contributed by atoms with Gasteiger partial charge in [-0.3, -0.25) is 0 Å². The average Bonchev–Trinajstić information content (AvgIpc) is 2.65. The lowest BCUT2D eigenvalue weighted by Gasteiger charge is -2.16. The minimum atomic E-state index is -1.23. The molecule has 3 aromatic rings. The molecule has 0 amide bonds. The summed E-state index contributed by atoms with van der Waals surface area (Å²) in [6, 6.07) is 12.5. The average molecular weight is 350 g/mol. The highest BCUT2D eigenvalue weighted by molar-refractivity contribution is 6.03. The number of hydrogen-bond acceptors (Lipinski definition) is 5. The first kappa shape index (κ1) is 17.7. The fraction of sp³-hybridized carbons (Fsp3) is 0.238. The third kappa shape index (κ3) is 3.33. The molecule has 2 aromatic carbocycles. The molecule has 0 aliphatic carbocycles. The third-order valence-corrected chi connectivity index (χ3v) is 4.11. The number of aromatic carboxylic acids is 1. The van der Waals surface area contributed by atoms with Crippen LogP contribution in [-0.2, 0) is 0 Å². The van der Waals surface area contributed by atoms with Gasteiger partial charge in [-0.05, 0) is 43.7 Å². The summed E-state index contributed by atoms with van der Waals surface area (Å²) < 4.78 is 11.3. The van der Waals surface area contributed by atoms with Crippen molar-refractivity contribution >= 4 is 16.9 Å². The van der Waals surface area contributed by atoms with Gasteiger partial charge >= 0.3 is 0 Å². The van der Waals surface area contributed by atoms with Crippen LogP contribution in [0.3, 0.4) is 0 Å². The summed E-state index contributed by atoms with van der Waals surface area (Å²) in [5.41, 5.74) is 2.85. The topological polar surface area (TPSA) is 71.5 Å². The Morgan fingerprint density at radius 1 is 1.19 bits per heavy atom. The number of ether oxygens (including phenoxy) is 2. The normalized spacial score (nSPS) is 10.7. The molecule has 134 valence electrons. The molecular formula is C21H20NO4-. The maximum atomic E-state index is 11.7. The number of carbonyl (C=O) groups is 1. The second-order valence-electron chi connectivity index (χ2n) is 6.05. The Kier molecular flexibility index (Phi) is 5.07. The Morgan fingerprint density at radius 2 is 2.00 bits per heavy atom. The van der Waals surface area contributed by atoms with Gasteiger partial charge in [-0.2, -0.15) is 0 Å². The van der Waals surface area contributed by atoms with Crippen LogP contribution in [0.1, 0.15) is 29.3 Å². The van der Waals surface area contributed by atoms with Crippen LogP contribution in [0.15, 0.2) is 42.5 Å². The zero-order chi connectivity index (χ0) is 18.7. The number of para-hydroxylation sites is 1. The fourth-order valence-electron chi connectivity index (χ4n) is 2.88. The molecule has 0 N–H and O–H groups in total. The number of aryl methyl sites for hydroxylation is 1. The van der Waals surface area contributed by atoms with Gasteiger partial charge in [0.15, 0.2) is 11.5 Å². The van der Waals surface area contributed by atoms with E-state index < -0.39 is 5.97 Å². The first-order valence-corrected chi connectivity index (χ1v) is 8.48. The van der Waals surface area contributed by atoms with E-state index in [4.69, 9.17) is 9.47 Å². The quantitative estimate of drug-likeness (QED) is 0.681. The van der Waals surface area contributed by atoms with E-state index >= 15 is 0 Å². The van der Waals surface area contributed by atoms with Crippen LogP contribution in [0.2, 0.25) is 0 Å². The number of methoxy groups -OCH3 is 1. The molecule has 0 saturated heterocycles. The van der Waals surface area contributed by atoms with Gasteiger partial charge in [-0.15, -0.1) is 0 Å². The summed E-state index contributed by atoms with van der Waals surface area (Å²) in [5.74, 6) is -0.0972. The van der Waals surface area contributed by atoms with Crippen LogP contribution in [-0.4, -0.2) is 24.7 Å². The monoisotopic (exact) mass is 350 g/mol. The first-order chi connectivity index (χ1) is 12.5. The van der Waals surface area contributed by atoms with Crippen molar-refractivity contribution in [3.05, 3.63) is 53.6 Å². The van der Waals surface area contributed by atoms with Crippen molar-refractivity contribution < 1.29 is 19.4 Å². The van der Waals surface area contributed by atoms with E-state index in [0.29, 0.717) is 40.3 Å². The van der Waals surface area contributed by atoms with Gasteiger partial charge in [0, 0.05) is 16.5 Å². The molecule has 5 heteroatoms. The highest BCUT2D eigenvalue weighted by Gasteiger charge is 2.16. The predicted octanol–water partition coefficient (Wildman–Crippen LogP) is 3.37. The zero-order valence-corrected chi connectivity index (χ0v) is 15.0. The van der Waals surface area contributed by atoms with Gasteiger partial charge in [-0.1, -0.05) is 24.6 Å². The van der Waals surface area contributed by atoms with Gasteiger partial charge in [0.2, 0.25) is 0 Å². The Labute approximate surface area is 152 Å². The van der Waals surface area contributed by atoms with Crippen molar-refractivity contribution in [2.45, 2.75) is 20.3 Å². The molecule has 26 heavy (non-hydrogen) atoms. The van der Waals surface area contributed by atoms with E-state index in [-0.39, 0.29) is 5.56 Å². The highest BCUT2D eigenvalue weighted by Crippen LogP contribution is 2.38. The molecular weight excluding hydrogens is 330 g/mol. The largest absolute Gasteiger partial charge is 0.545 e. The SMILES string of the molecule is CCCOc1c(OC)cccc1-c1cc(C(=O)[O-])c2cc(C)ccc2n1. The van der Waals surface area contributed by atoms with Crippen LogP contribution in [0, 0.1) is 6.92 Å². The second-order valence-corrected chi connectivity index (χ2v) is 6.05. The van der Waals surface area contributed by atoms with E-state index in [1.54, 1.807) is 19.2 Å². The fourth-order valence-corrected chi connectivity index (χ4v) is 2.88. The lowest BCUT2D eigenvalue weighted by atomic mass is 10.0. The maximum absolute atomic E-state index is 11.7. The van der Waals surface area contributed by atoms with Gasteiger partial charge < -0.3 is 19.4 Å². The number of carboxylic acid groups (broad SMARTS) is 1. The smallest absolute Gasteiger partial charge is 0.170 e. The Bertz CT molecular complexity index is 966. The third-order valence-electron chi connectivity index (χ3n) is 4.11. The van der Waals surface area contributed by atoms with E-state index in [1.807, 2.05) is 38.1 Å². The second kappa shape index (κ2) is 7.44. The number of hydrogen-bond donors (Lipinski definition) is 0. The number of nitrogens with zero attached hydrogens (tertiary/aromatic N) is 1. The van der Waals surface area contributed by atoms with Crippen molar-refractivity contribution in [3.63, 3.8) is 0 Å². The molecule has 0 bridgehead atoms. The number of rotatable bonds is 6. The summed E-state index contributed by atoms with van der Waals surface area (Å²) >= 11 is 0. The van der Waals surface area contributed by atoms with Gasteiger partial charge in [0.1, 0.15) is 0 Å². The van der Waals surface area contributed by atoms with Crippen LogP contribution in [0.5, 0.6) is 11.5 Å². The van der Waals surface area contributed by atoms with E-state index in [0.717, 1.165) is 12.0 Å². The summed E-state index contributed by atoms with van der Waals surface area (Å²) in [7, 11) is 1.57. The summed E-state index contributed by atoms with van der Waals surface area (Å²) in [6.45, 7) is 4.44. The van der Waals surface area contributed by atoms with Crippen LogP contribution in [0.25, 0.3) is 22.2 Å². The standard InChI is InChI=1S/C21H21NO4/c1-4-10-26-20-14(6-5-7-19(20)25-3)18-12-16(21(23)24)15-11-13(2)8-9-17(15)22-18/h5-9,11-12H,4,10H2,1-3H3,(H,23,24)/p-1. The molecule has 1 aromatic heterocycles. The van der Waals surface area contributed by atoms with Gasteiger partial charge in [-0.25, -0.2) is 4.98 Å². The summed E-state index contributed by atoms with van der Waals surface area (Å²) in [5, 5.41) is 12.3. The maximum Gasteiger partial charge on any atom is 0.170 e. The molecule has 5 nitrogen and oxygen atoms in total. The predicted molar refractivity (Wildman–Crippen MR) is 98.6 cm³/mol. The van der Waals surface area contributed by atoms with Crippen molar-refractivity contribution in [3.8, 4) is 22.8 Å². The lowest BCUT2D eigenvalue weighted by molar-refractivity contribution is -0.254. The van der Waals surface area contributed by atoms with Crippen LogP contribution >= 0.6 is 0 Å². The molecule has 0 fully saturated rings. The number of fused-ring (bicyclic) bond motifs is 1. The molecule has 0 spiro atoms. The summed E-state index contributed by atoms with van der Waals surface area (Å²) in [4.78, 5) is 16.3. The van der Waals surface area contributed by atoms with Gasteiger partial charge in [0.05, 0.1) is 30.9 Å². The molecule has 0 radical (unpaired) electrons. The zero-order valence-electron chi connectivity index (χ0n) is 15.0. The molecule has 0 aliphatic heterocycles. The van der Waals surface area contributed by atoms with Crippen molar-refractivity contribution in [1.29, 1.82) is 0 Å². The number of benzene rings is 2.